The molecular formula is C22H32N4O2. The van der Waals surface area contributed by atoms with E-state index in [0.29, 0.717) is 6.54 Å². The first-order valence-electron chi connectivity index (χ1n) is 10.2. The fraction of sp³-hybridized carbons (Fsp3) is 0.500. The van der Waals surface area contributed by atoms with Crippen LogP contribution in [0.1, 0.15) is 42.9 Å². The summed E-state index contributed by atoms with van der Waals surface area (Å²) in [6, 6.07) is 12.3. The molecule has 2 heterocycles. The van der Waals surface area contributed by atoms with Crippen molar-refractivity contribution in [2.75, 3.05) is 33.3 Å². The Morgan fingerprint density at radius 3 is 2.64 bits per heavy atom. The van der Waals surface area contributed by atoms with Crippen molar-refractivity contribution in [3.63, 3.8) is 0 Å². The number of nitrogens with one attached hydrogen (secondary N) is 2. The highest BCUT2D eigenvalue weighted by molar-refractivity contribution is 5.79. The molecule has 6 nitrogen and oxygen atoms in total. The van der Waals surface area contributed by atoms with Crippen molar-refractivity contribution in [1.82, 2.24) is 15.5 Å². The van der Waals surface area contributed by atoms with Crippen molar-refractivity contribution in [3.05, 3.63) is 53.5 Å². The Morgan fingerprint density at radius 1 is 1.18 bits per heavy atom. The molecule has 1 aromatic carbocycles. The molecule has 28 heavy (non-hydrogen) atoms. The lowest BCUT2D eigenvalue weighted by Crippen LogP contribution is -2.42. The van der Waals surface area contributed by atoms with Gasteiger partial charge in [0.15, 0.2) is 5.96 Å². The molecule has 0 saturated carbocycles. The maximum atomic E-state index is 5.95. The zero-order chi connectivity index (χ0) is 19.8. The second-order valence-corrected chi connectivity index (χ2v) is 7.10. The predicted octanol–water partition coefficient (Wildman–Crippen LogP) is 3.49. The molecule has 1 aromatic heterocycles. The van der Waals surface area contributed by atoms with Gasteiger partial charge in [-0.25, -0.2) is 4.99 Å². The summed E-state index contributed by atoms with van der Waals surface area (Å²) in [4.78, 5) is 7.25. The van der Waals surface area contributed by atoms with Crippen LogP contribution in [0.15, 0.2) is 45.8 Å². The number of aliphatic imine (C=N–C) groups is 1. The number of likely N-dealkylation sites (tertiary alicyclic amines) is 1. The Morgan fingerprint density at radius 2 is 1.96 bits per heavy atom. The molecule has 1 aliphatic rings. The zero-order valence-corrected chi connectivity index (χ0v) is 17.2. The average Bonchev–Trinajstić information content (AvgIpc) is 3.39. The second kappa shape index (κ2) is 10.2. The fourth-order valence-electron chi connectivity index (χ4n) is 3.63. The quantitative estimate of drug-likeness (QED) is 0.539. The van der Waals surface area contributed by atoms with E-state index in [-0.39, 0.29) is 6.04 Å². The molecule has 1 atom stereocenters. The summed E-state index contributed by atoms with van der Waals surface area (Å²) < 4.78 is 11.4. The minimum atomic E-state index is 0.214. The van der Waals surface area contributed by atoms with Gasteiger partial charge in [0, 0.05) is 18.7 Å². The van der Waals surface area contributed by atoms with Crippen molar-refractivity contribution >= 4 is 5.96 Å². The summed E-state index contributed by atoms with van der Waals surface area (Å²) in [5.74, 6) is 3.65. The highest BCUT2D eigenvalue weighted by Crippen LogP contribution is 2.26. The summed E-state index contributed by atoms with van der Waals surface area (Å²) >= 11 is 0. The normalized spacial score (nSPS) is 16.2. The molecule has 152 valence electrons. The van der Waals surface area contributed by atoms with Gasteiger partial charge in [0.1, 0.15) is 17.3 Å². The van der Waals surface area contributed by atoms with E-state index < -0.39 is 0 Å². The van der Waals surface area contributed by atoms with E-state index in [4.69, 9.17) is 14.1 Å². The third-order valence-corrected chi connectivity index (χ3v) is 5.08. The summed E-state index contributed by atoms with van der Waals surface area (Å²) in [5.41, 5.74) is 1.07. The first-order valence-corrected chi connectivity index (χ1v) is 10.2. The molecule has 1 saturated heterocycles. The molecule has 0 amide bonds. The van der Waals surface area contributed by atoms with Gasteiger partial charge in [0.05, 0.1) is 19.7 Å². The maximum absolute atomic E-state index is 5.95. The molecule has 2 N–H and O–H groups in total. The Kier molecular flexibility index (Phi) is 7.37. The lowest BCUT2D eigenvalue weighted by molar-refractivity contribution is 0.213. The maximum Gasteiger partial charge on any atom is 0.191 e. The standard InChI is InChI=1S/C22H32N4O2/c1-4-23-22(24-15-18-9-5-6-10-20(18)27-3)25-16-19(26-13-7-8-14-26)21-12-11-17(2)28-21/h5-6,9-12,19H,4,7-8,13-16H2,1-3H3,(H2,23,24,25). The van der Waals surface area contributed by atoms with E-state index in [9.17, 15) is 0 Å². The number of ether oxygens (including phenoxy) is 1. The number of furan rings is 1. The van der Waals surface area contributed by atoms with Gasteiger partial charge in [-0.2, -0.15) is 0 Å². The van der Waals surface area contributed by atoms with Gasteiger partial charge in [-0.3, -0.25) is 4.90 Å². The Labute approximate surface area is 168 Å². The van der Waals surface area contributed by atoms with Crippen molar-refractivity contribution in [1.29, 1.82) is 0 Å². The van der Waals surface area contributed by atoms with Crippen LogP contribution < -0.4 is 15.4 Å². The number of benzene rings is 1. The summed E-state index contributed by atoms with van der Waals surface area (Å²) in [6.45, 7) is 8.43. The van der Waals surface area contributed by atoms with E-state index in [1.807, 2.05) is 37.3 Å². The summed E-state index contributed by atoms with van der Waals surface area (Å²) in [7, 11) is 1.69. The van der Waals surface area contributed by atoms with Crippen LogP contribution in [0.3, 0.4) is 0 Å². The molecular weight excluding hydrogens is 352 g/mol. The van der Waals surface area contributed by atoms with E-state index in [1.54, 1.807) is 7.11 Å². The van der Waals surface area contributed by atoms with Gasteiger partial charge < -0.3 is 19.8 Å². The zero-order valence-electron chi connectivity index (χ0n) is 17.2. The Balaban J connectivity index is 1.69. The average molecular weight is 385 g/mol. The molecule has 1 fully saturated rings. The second-order valence-electron chi connectivity index (χ2n) is 7.10. The topological polar surface area (TPSA) is 62.0 Å². The number of guanidine groups is 1. The molecule has 3 rings (SSSR count). The third kappa shape index (κ3) is 5.29. The highest BCUT2D eigenvalue weighted by atomic mass is 16.5. The predicted molar refractivity (Wildman–Crippen MR) is 113 cm³/mol. The van der Waals surface area contributed by atoms with Crippen LogP contribution in [0.4, 0.5) is 0 Å². The number of hydrogen-bond donors (Lipinski definition) is 2. The SMILES string of the molecule is CCNC(=NCc1ccccc1OC)NCC(c1ccc(C)o1)N1CCCC1. The Bertz CT molecular complexity index is 765. The van der Waals surface area contributed by atoms with E-state index in [2.05, 4.69) is 28.5 Å². The van der Waals surface area contributed by atoms with Crippen LogP contribution >= 0.6 is 0 Å². The Hall–Kier alpha value is -2.47. The number of methoxy groups -OCH3 is 1. The van der Waals surface area contributed by atoms with E-state index >= 15 is 0 Å². The number of rotatable bonds is 8. The molecule has 0 bridgehead atoms. The van der Waals surface area contributed by atoms with Gasteiger partial charge >= 0.3 is 0 Å². The molecule has 0 spiro atoms. The summed E-state index contributed by atoms with van der Waals surface area (Å²) in [5, 5.41) is 6.85. The van der Waals surface area contributed by atoms with Crippen LogP contribution in [0, 0.1) is 6.92 Å². The number of para-hydroxylation sites is 1. The first-order chi connectivity index (χ1) is 13.7. The lowest BCUT2D eigenvalue weighted by atomic mass is 10.2. The van der Waals surface area contributed by atoms with Gasteiger partial charge in [-0.1, -0.05) is 18.2 Å². The van der Waals surface area contributed by atoms with E-state index in [1.165, 1.54) is 12.8 Å². The fourth-order valence-corrected chi connectivity index (χ4v) is 3.63. The minimum absolute atomic E-state index is 0.214. The van der Waals surface area contributed by atoms with Gasteiger partial charge in [-0.15, -0.1) is 0 Å². The molecule has 1 aliphatic heterocycles. The van der Waals surface area contributed by atoms with Crippen LogP contribution in [0.5, 0.6) is 5.75 Å². The first kappa shape index (κ1) is 20.3. The van der Waals surface area contributed by atoms with Gasteiger partial charge in [-0.05, 0) is 58.0 Å². The van der Waals surface area contributed by atoms with Gasteiger partial charge in [0.2, 0.25) is 0 Å². The van der Waals surface area contributed by atoms with Crippen LogP contribution in [0.25, 0.3) is 0 Å². The lowest BCUT2D eigenvalue weighted by Gasteiger charge is -2.26. The van der Waals surface area contributed by atoms with Crippen molar-refractivity contribution in [2.45, 2.75) is 39.3 Å². The minimum Gasteiger partial charge on any atom is -0.496 e. The van der Waals surface area contributed by atoms with Crippen LogP contribution in [0.2, 0.25) is 0 Å². The highest BCUT2D eigenvalue weighted by Gasteiger charge is 2.26. The summed E-state index contributed by atoms with van der Waals surface area (Å²) in [6.07, 6.45) is 2.50. The molecule has 0 aliphatic carbocycles. The van der Waals surface area contributed by atoms with E-state index in [0.717, 1.165) is 55.0 Å². The van der Waals surface area contributed by atoms with Crippen LogP contribution in [-0.2, 0) is 6.54 Å². The monoisotopic (exact) mass is 384 g/mol. The number of nitrogens with zero attached hydrogens (tertiary/aromatic N) is 2. The largest absolute Gasteiger partial charge is 0.496 e. The van der Waals surface area contributed by atoms with Crippen LogP contribution in [-0.4, -0.2) is 44.1 Å². The van der Waals surface area contributed by atoms with Crippen molar-refractivity contribution in [3.8, 4) is 5.75 Å². The van der Waals surface area contributed by atoms with Crippen molar-refractivity contribution < 1.29 is 9.15 Å². The molecule has 1 unspecified atom stereocenters. The molecule has 2 aromatic rings. The van der Waals surface area contributed by atoms with Crippen molar-refractivity contribution in [2.24, 2.45) is 4.99 Å². The van der Waals surface area contributed by atoms with Gasteiger partial charge in [0.25, 0.3) is 0 Å². The number of aryl methyl sites for hydroxylation is 1. The molecule has 6 heteroatoms. The third-order valence-electron chi connectivity index (χ3n) is 5.08. The number of hydrogen-bond acceptors (Lipinski definition) is 4. The molecule has 0 radical (unpaired) electrons. The smallest absolute Gasteiger partial charge is 0.191 e.